The summed E-state index contributed by atoms with van der Waals surface area (Å²) in [5, 5.41) is 10.7. The number of carbonyl (C=O) groups excluding carboxylic acids is 2. The van der Waals surface area contributed by atoms with Crippen LogP contribution in [0.4, 0.5) is 0 Å². The van der Waals surface area contributed by atoms with Gasteiger partial charge < -0.3 is 5.73 Å². The average molecular weight is 335 g/mol. The number of hydrogen-bond donors (Lipinski definition) is 3. The van der Waals surface area contributed by atoms with Crippen LogP contribution in [0.2, 0.25) is 0 Å². The zero-order valence-electron chi connectivity index (χ0n) is 12.8. The number of nitrogens with one attached hydrogen (secondary N) is 2. The Morgan fingerprint density at radius 2 is 1.87 bits per heavy atom. The van der Waals surface area contributed by atoms with E-state index in [1.165, 1.54) is 0 Å². The number of benzene rings is 1. The van der Waals surface area contributed by atoms with Gasteiger partial charge in [0.2, 0.25) is 5.96 Å². The molecule has 0 unspecified atom stereocenters. The maximum atomic E-state index is 12.5. The quantitative estimate of drug-likeness (QED) is 0.332. The molecular weight excluding hydrogens is 316 g/mol. The third-order valence-electron chi connectivity index (χ3n) is 3.52. The van der Waals surface area contributed by atoms with E-state index in [0.717, 1.165) is 0 Å². The van der Waals surface area contributed by atoms with Gasteiger partial charge in [-0.05, 0) is 26.2 Å². The Kier molecular flexibility index (Phi) is 6.65. The Morgan fingerprint density at radius 3 is 2.48 bits per heavy atom. The zero-order chi connectivity index (χ0) is 16.1. The van der Waals surface area contributed by atoms with Crippen molar-refractivity contribution >= 4 is 36.1 Å². The zero-order valence-corrected chi connectivity index (χ0v) is 13.6. The Bertz CT molecular complexity index is 695. The second-order valence-electron chi connectivity index (χ2n) is 5.04. The number of fused-ring (bicyclic) bond motifs is 1. The largest absolute Gasteiger partial charge is 0.369 e. The van der Waals surface area contributed by atoms with Crippen molar-refractivity contribution in [1.29, 1.82) is 5.41 Å². The topological polar surface area (TPSA) is 108 Å². The van der Waals surface area contributed by atoms with Crippen molar-refractivity contribution < 1.29 is 9.59 Å². The number of hydrogen-bond acceptors (Lipinski definition) is 4. The molecule has 1 aromatic carbocycles. The molecule has 0 saturated heterocycles. The molecule has 0 aromatic heterocycles. The molecule has 0 bridgehead atoms. The molecular formula is C16H19ClN4O2. The van der Waals surface area contributed by atoms with E-state index in [0.29, 0.717) is 41.5 Å². The predicted molar refractivity (Wildman–Crippen MR) is 92.4 cm³/mol. The van der Waals surface area contributed by atoms with Gasteiger partial charge in [0.05, 0.1) is 0 Å². The van der Waals surface area contributed by atoms with E-state index >= 15 is 0 Å². The van der Waals surface area contributed by atoms with Gasteiger partial charge in [0.1, 0.15) is 0 Å². The van der Waals surface area contributed by atoms with Gasteiger partial charge in [-0.15, -0.1) is 12.4 Å². The molecule has 1 aliphatic rings. The predicted octanol–water partition coefficient (Wildman–Crippen LogP) is 2.44. The number of unbranched alkanes of at least 4 members (excludes halogenated alkanes) is 1. The number of hydrazone groups is 1. The normalized spacial score (nSPS) is 13.8. The summed E-state index contributed by atoms with van der Waals surface area (Å²) in [6.07, 6.45) is 3.44. The number of rotatable bonds is 5. The first kappa shape index (κ1) is 18.6. The molecule has 6 nitrogen and oxygen atoms in total. The number of nitrogens with two attached hydrogens (primary N) is 1. The van der Waals surface area contributed by atoms with Gasteiger partial charge in [0, 0.05) is 28.5 Å². The van der Waals surface area contributed by atoms with Crippen LogP contribution in [0.3, 0.4) is 0 Å². The van der Waals surface area contributed by atoms with Crippen LogP contribution in [0, 0.1) is 5.41 Å². The number of Topliss-reactive ketones (excluding diaryl/α,β-unsaturated/α-hetero) is 2. The monoisotopic (exact) mass is 334 g/mol. The lowest BCUT2D eigenvalue weighted by Gasteiger charge is -2.18. The maximum absolute atomic E-state index is 12.5. The molecule has 122 valence electrons. The molecule has 1 aliphatic carbocycles. The summed E-state index contributed by atoms with van der Waals surface area (Å²) in [6, 6.07) is 6.92. The highest BCUT2D eigenvalue weighted by molar-refractivity contribution is 6.26. The second kappa shape index (κ2) is 8.24. The Hall–Kier alpha value is -2.47. The van der Waals surface area contributed by atoms with Crippen LogP contribution in [-0.4, -0.2) is 23.7 Å². The van der Waals surface area contributed by atoms with E-state index in [1.807, 2.05) is 0 Å². The summed E-state index contributed by atoms with van der Waals surface area (Å²) < 4.78 is 0. The summed E-state index contributed by atoms with van der Waals surface area (Å²) in [4.78, 5) is 24.8. The first-order chi connectivity index (χ1) is 10.5. The van der Waals surface area contributed by atoms with Crippen LogP contribution in [0.25, 0.3) is 0 Å². The van der Waals surface area contributed by atoms with Gasteiger partial charge in [-0.3, -0.25) is 15.0 Å². The van der Waals surface area contributed by atoms with Crippen LogP contribution in [0.1, 0.15) is 46.9 Å². The molecule has 0 heterocycles. The van der Waals surface area contributed by atoms with Crippen molar-refractivity contribution in [2.24, 2.45) is 10.8 Å². The van der Waals surface area contributed by atoms with Crippen molar-refractivity contribution in [3.05, 3.63) is 46.5 Å². The molecule has 0 atom stereocenters. The summed E-state index contributed by atoms with van der Waals surface area (Å²) in [5.41, 5.74) is 9.49. The fourth-order valence-electron chi connectivity index (χ4n) is 2.40. The minimum atomic E-state index is -0.223. The highest BCUT2D eigenvalue weighted by Gasteiger charge is 2.28. The second-order valence-corrected chi connectivity index (χ2v) is 5.04. The first-order valence-electron chi connectivity index (χ1n) is 7.02. The van der Waals surface area contributed by atoms with Gasteiger partial charge in [0.15, 0.2) is 11.6 Å². The van der Waals surface area contributed by atoms with Crippen molar-refractivity contribution in [3.8, 4) is 0 Å². The van der Waals surface area contributed by atoms with E-state index < -0.39 is 0 Å². The van der Waals surface area contributed by atoms with Crippen LogP contribution < -0.4 is 11.2 Å². The van der Waals surface area contributed by atoms with E-state index in [9.17, 15) is 9.59 Å². The fraction of sp³-hybridized carbons (Fsp3) is 0.250. The maximum Gasteiger partial charge on any atom is 0.206 e. The van der Waals surface area contributed by atoms with E-state index in [1.54, 1.807) is 37.4 Å². The lowest BCUT2D eigenvalue weighted by atomic mass is 9.83. The highest BCUT2D eigenvalue weighted by Crippen LogP contribution is 2.28. The SMILES string of the molecule is CC1=C(CCCC=NNC(=N)N)C(=O)c2ccccc2C1=O.Cl. The molecule has 7 heteroatoms. The molecule has 0 radical (unpaired) electrons. The number of allylic oxidation sites excluding steroid dienone is 2. The van der Waals surface area contributed by atoms with Gasteiger partial charge >= 0.3 is 0 Å². The Morgan fingerprint density at radius 1 is 1.26 bits per heavy atom. The fourth-order valence-corrected chi connectivity index (χ4v) is 2.40. The van der Waals surface area contributed by atoms with Crippen LogP contribution >= 0.6 is 12.4 Å². The lowest BCUT2D eigenvalue weighted by molar-refractivity contribution is 0.0971. The number of ketones is 2. The Labute approximate surface area is 140 Å². The Balaban J connectivity index is 0.00000264. The van der Waals surface area contributed by atoms with Crippen molar-refractivity contribution in [2.75, 3.05) is 0 Å². The number of halogens is 1. The van der Waals surface area contributed by atoms with Crippen molar-refractivity contribution in [3.63, 3.8) is 0 Å². The number of carbonyl (C=O) groups is 2. The number of guanidine groups is 1. The molecule has 0 aliphatic heterocycles. The van der Waals surface area contributed by atoms with E-state index in [2.05, 4.69) is 10.5 Å². The van der Waals surface area contributed by atoms with Gasteiger partial charge in [-0.25, -0.2) is 5.43 Å². The van der Waals surface area contributed by atoms with Crippen LogP contribution in [-0.2, 0) is 0 Å². The number of nitrogens with zero attached hydrogens (tertiary/aromatic N) is 1. The molecule has 1 aromatic rings. The molecule has 4 N–H and O–H groups in total. The van der Waals surface area contributed by atoms with Gasteiger partial charge in [0.25, 0.3) is 0 Å². The van der Waals surface area contributed by atoms with E-state index in [4.69, 9.17) is 11.1 Å². The third-order valence-corrected chi connectivity index (χ3v) is 3.52. The molecule has 23 heavy (non-hydrogen) atoms. The summed E-state index contributed by atoms with van der Waals surface area (Å²) in [7, 11) is 0. The minimum absolute atomic E-state index is 0. The molecule has 0 fully saturated rings. The average Bonchev–Trinajstić information content (AvgIpc) is 2.51. The molecule has 0 amide bonds. The first-order valence-corrected chi connectivity index (χ1v) is 7.02. The summed E-state index contributed by atoms with van der Waals surface area (Å²) >= 11 is 0. The smallest absolute Gasteiger partial charge is 0.206 e. The standard InChI is InChI=1S/C16H18N4O2.ClH/c1-10-11(6-4-5-9-19-20-16(17)18)15(22)13-8-3-2-7-12(13)14(10)21;/h2-3,7-9H,4-6H2,1H3,(H4,17,18,20);1H. The molecule has 0 spiro atoms. The lowest BCUT2D eigenvalue weighted by Crippen LogP contribution is -2.25. The third kappa shape index (κ3) is 4.26. The highest BCUT2D eigenvalue weighted by atomic mass is 35.5. The minimum Gasteiger partial charge on any atom is -0.369 e. The van der Waals surface area contributed by atoms with Gasteiger partial charge in [-0.1, -0.05) is 24.3 Å². The molecule has 0 saturated carbocycles. The molecule has 2 rings (SSSR count). The summed E-state index contributed by atoms with van der Waals surface area (Å²) in [6.45, 7) is 1.71. The summed E-state index contributed by atoms with van der Waals surface area (Å²) in [5.74, 6) is -0.358. The van der Waals surface area contributed by atoms with Crippen LogP contribution in [0.5, 0.6) is 0 Å². The van der Waals surface area contributed by atoms with Crippen LogP contribution in [0.15, 0.2) is 40.5 Å². The van der Waals surface area contributed by atoms with Crippen molar-refractivity contribution in [2.45, 2.75) is 26.2 Å². The van der Waals surface area contributed by atoms with E-state index in [-0.39, 0.29) is 29.9 Å². The van der Waals surface area contributed by atoms with Crippen molar-refractivity contribution in [1.82, 2.24) is 5.43 Å². The van der Waals surface area contributed by atoms with Gasteiger partial charge in [-0.2, -0.15) is 5.10 Å².